The van der Waals surface area contributed by atoms with E-state index in [-0.39, 0.29) is 0 Å². The number of halogens is 2. The van der Waals surface area contributed by atoms with Gasteiger partial charge in [-0.2, -0.15) is 5.10 Å². The third-order valence-corrected chi connectivity index (χ3v) is 1.07. The lowest BCUT2D eigenvalue weighted by Gasteiger charge is -2.03. The molecule has 61 valence electrons. The first-order valence-corrected chi connectivity index (χ1v) is 3.01. The average molecular weight is 161 g/mol. The number of alkyl halides is 2. The summed E-state index contributed by atoms with van der Waals surface area (Å²) in [4.78, 5) is 0. The fourth-order valence-corrected chi connectivity index (χ4v) is 0.597. The molecule has 0 saturated carbocycles. The molecule has 0 unspecified atom stereocenters. The van der Waals surface area contributed by atoms with E-state index in [1.54, 1.807) is 7.05 Å². The molecule has 5 heteroatoms. The summed E-state index contributed by atoms with van der Waals surface area (Å²) >= 11 is 0. The lowest BCUT2D eigenvalue weighted by atomic mass is 10.7. The van der Waals surface area contributed by atoms with Crippen molar-refractivity contribution in [3.8, 4) is 5.88 Å². The SMILES string of the molecule is Cn1n[c]cc1OCC(F)F. The van der Waals surface area contributed by atoms with Crippen molar-refractivity contribution in [3.05, 3.63) is 12.3 Å². The maximum atomic E-state index is 11.6. The Hall–Kier alpha value is -1.13. The van der Waals surface area contributed by atoms with Gasteiger partial charge in [0.15, 0.2) is 6.61 Å². The third-order valence-electron chi connectivity index (χ3n) is 1.07. The molecule has 0 aliphatic carbocycles. The molecule has 0 N–H and O–H groups in total. The van der Waals surface area contributed by atoms with Crippen molar-refractivity contribution in [2.75, 3.05) is 6.61 Å². The molecule has 0 fully saturated rings. The number of hydrogen-bond acceptors (Lipinski definition) is 2. The average Bonchev–Trinajstić information content (AvgIpc) is 2.31. The van der Waals surface area contributed by atoms with Gasteiger partial charge < -0.3 is 4.74 Å². The Labute approximate surface area is 62.6 Å². The summed E-state index contributed by atoms with van der Waals surface area (Å²) in [7, 11) is 1.59. The van der Waals surface area contributed by atoms with Crippen LogP contribution in [0.5, 0.6) is 5.88 Å². The number of nitrogens with zero attached hydrogens (tertiary/aromatic N) is 2. The van der Waals surface area contributed by atoms with Crippen LogP contribution < -0.4 is 4.74 Å². The van der Waals surface area contributed by atoms with E-state index in [2.05, 4.69) is 16.0 Å². The Morgan fingerprint density at radius 1 is 1.82 bits per heavy atom. The molecule has 11 heavy (non-hydrogen) atoms. The van der Waals surface area contributed by atoms with Gasteiger partial charge >= 0.3 is 0 Å². The molecule has 3 nitrogen and oxygen atoms in total. The van der Waals surface area contributed by atoms with Crippen molar-refractivity contribution in [1.82, 2.24) is 9.78 Å². The predicted molar refractivity (Wildman–Crippen MR) is 33.5 cm³/mol. The molecule has 0 spiro atoms. The molecule has 0 amide bonds. The maximum Gasteiger partial charge on any atom is 0.272 e. The van der Waals surface area contributed by atoms with E-state index in [0.717, 1.165) is 0 Å². The first-order chi connectivity index (χ1) is 5.20. The van der Waals surface area contributed by atoms with Crippen LogP contribution in [0.25, 0.3) is 0 Å². The zero-order valence-electron chi connectivity index (χ0n) is 5.92. The van der Waals surface area contributed by atoms with E-state index >= 15 is 0 Å². The van der Waals surface area contributed by atoms with Gasteiger partial charge in [-0.15, -0.1) is 0 Å². The first kappa shape index (κ1) is 7.97. The van der Waals surface area contributed by atoms with E-state index in [1.165, 1.54) is 10.7 Å². The number of ether oxygens (including phenoxy) is 1. The van der Waals surface area contributed by atoms with Crippen molar-refractivity contribution >= 4 is 0 Å². The van der Waals surface area contributed by atoms with E-state index in [1.807, 2.05) is 0 Å². The third kappa shape index (κ3) is 2.18. The van der Waals surface area contributed by atoms with Crippen molar-refractivity contribution in [2.45, 2.75) is 6.43 Å². The Balaban J connectivity index is 2.44. The van der Waals surface area contributed by atoms with Gasteiger partial charge in [0.2, 0.25) is 5.88 Å². The second-order valence-electron chi connectivity index (χ2n) is 1.94. The van der Waals surface area contributed by atoms with Crippen molar-refractivity contribution in [2.24, 2.45) is 7.05 Å². The molecular weight excluding hydrogens is 154 g/mol. The standard InChI is InChI=1S/C6H7F2N2O/c1-10-6(2-3-9-10)11-4-5(7)8/h2,5H,4H2,1H3. The van der Waals surface area contributed by atoms with Gasteiger partial charge in [-0.25, -0.2) is 13.5 Å². The Bertz CT molecular complexity index is 224. The van der Waals surface area contributed by atoms with Crippen LogP contribution in [0.2, 0.25) is 0 Å². The van der Waals surface area contributed by atoms with Gasteiger partial charge in [0.1, 0.15) is 6.20 Å². The highest BCUT2D eigenvalue weighted by Crippen LogP contribution is 2.07. The zero-order chi connectivity index (χ0) is 8.27. The molecule has 1 aromatic heterocycles. The van der Waals surface area contributed by atoms with Crippen LogP contribution in [0.1, 0.15) is 0 Å². The van der Waals surface area contributed by atoms with E-state index in [9.17, 15) is 8.78 Å². The molecular formula is C6H7F2N2O. The van der Waals surface area contributed by atoms with Crippen LogP contribution in [0.4, 0.5) is 8.78 Å². The van der Waals surface area contributed by atoms with Gasteiger partial charge in [-0.05, 0) is 0 Å². The molecule has 0 saturated heterocycles. The van der Waals surface area contributed by atoms with E-state index in [0.29, 0.717) is 5.88 Å². The van der Waals surface area contributed by atoms with E-state index in [4.69, 9.17) is 0 Å². The summed E-state index contributed by atoms with van der Waals surface area (Å²) in [6.07, 6.45) is 0.0110. The minimum absolute atomic E-state index is 0.297. The second-order valence-corrected chi connectivity index (χ2v) is 1.94. The summed E-state index contributed by atoms with van der Waals surface area (Å²) in [5.74, 6) is 0.297. The molecule has 1 radical (unpaired) electrons. The fourth-order valence-electron chi connectivity index (χ4n) is 0.597. The van der Waals surface area contributed by atoms with E-state index < -0.39 is 13.0 Å². The van der Waals surface area contributed by atoms with Gasteiger partial charge in [0.05, 0.1) is 0 Å². The smallest absolute Gasteiger partial charge is 0.272 e. The van der Waals surface area contributed by atoms with Crippen molar-refractivity contribution in [1.29, 1.82) is 0 Å². The van der Waals surface area contributed by atoms with Gasteiger partial charge in [-0.1, -0.05) is 0 Å². The highest BCUT2D eigenvalue weighted by Gasteiger charge is 2.05. The lowest BCUT2D eigenvalue weighted by Crippen LogP contribution is -2.09. The molecule has 0 aliphatic heterocycles. The van der Waals surface area contributed by atoms with Gasteiger partial charge in [0.25, 0.3) is 6.43 Å². The molecule has 0 aromatic carbocycles. The predicted octanol–water partition coefficient (Wildman–Crippen LogP) is 0.864. The quantitative estimate of drug-likeness (QED) is 0.657. The second kappa shape index (κ2) is 3.32. The van der Waals surface area contributed by atoms with Crippen LogP contribution in [0.3, 0.4) is 0 Å². The molecule has 0 atom stereocenters. The largest absolute Gasteiger partial charge is 0.472 e. The van der Waals surface area contributed by atoms with Crippen LogP contribution in [0.15, 0.2) is 6.07 Å². The number of aryl methyl sites for hydroxylation is 1. The number of aromatic nitrogens is 2. The lowest BCUT2D eigenvalue weighted by molar-refractivity contribution is 0.0774. The minimum Gasteiger partial charge on any atom is -0.472 e. The fraction of sp³-hybridized carbons (Fsp3) is 0.500. The summed E-state index contributed by atoms with van der Waals surface area (Å²) in [5.41, 5.74) is 0. The highest BCUT2D eigenvalue weighted by atomic mass is 19.3. The molecule has 1 heterocycles. The Morgan fingerprint density at radius 2 is 2.55 bits per heavy atom. The van der Waals surface area contributed by atoms with Gasteiger partial charge in [0, 0.05) is 13.1 Å². The minimum atomic E-state index is -2.45. The zero-order valence-corrected chi connectivity index (χ0v) is 5.92. The molecule has 1 rings (SSSR count). The van der Waals surface area contributed by atoms with Crippen LogP contribution in [-0.2, 0) is 7.05 Å². The Morgan fingerprint density at radius 3 is 3.00 bits per heavy atom. The molecule has 1 aromatic rings. The van der Waals surface area contributed by atoms with Crippen molar-refractivity contribution in [3.63, 3.8) is 0 Å². The van der Waals surface area contributed by atoms with Crippen molar-refractivity contribution < 1.29 is 13.5 Å². The highest BCUT2D eigenvalue weighted by molar-refractivity contribution is 5.05. The maximum absolute atomic E-state index is 11.6. The summed E-state index contributed by atoms with van der Waals surface area (Å²) in [6.45, 7) is -0.604. The molecule has 0 bridgehead atoms. The normalized spacial score (nSPS) is 10.5. The summed E-state index contributed by atoms with van der Waals surface area (Å²) < 4.78 is 29.2. The number of hydrogen-bond donors (Lipinski definition) is 0. The van der Waals surface area contributed by atoms with Gasteiger partial charge in [-0.3, -0.25) is 0 Å². The monoisotopic (exact) mass is 161 g/mol. The first-order valence-electron chi connectivity index (χ1n) is 3.01. The van der Waals surface area contributed by atoms with Crippen LogP contribution in [0, 0.1) is 6.20 Å². The summed E-state index contributed by atoms with van der Waals surface area (Å²) in [6, 6.07) is 1.41. The van der Waals surface area contributed by atoms with Crippen LogP contribution in [-0.4, -0.2) is 22.8 Å². The Kier molecular flexibility index (Phi) is 2.40. The molecule has 0 aliphatic rings. The topological polar surface area (TPSA) is 27.1 Å². The summed E-state index contributed by atoms with van der Waals surface area (Å²) in [5, 5.41) is 3.62. The number of rotatable bonds is 3. The van der Waals surface area contributed by atoms with Crippen LogP contribution >= 0.6 is 0 Å².